The van der Waals surface area contributed by atoms with E-state index in [-0.39, 0.29) is 16.9 Å². The number of nitrogens with one attached hydrogen (secondary N) is 1. The Morgan fingerprint density at radius 3 is 2.28 bits per heavy atom. The molecule has 0 atom stereocenters. The molecule has 1 N–H and O–H groups in total. The standard InChI is InChI=1S/C29H47N7O3/c1-29(2,3)26-24-25(33(4)32-26)27(38)31-28(30-24)36(18-21-8-6-5-7-9-21)19-22-10-12-35(13-11-22)23(37)20-34-14-16-39-17-15-34/h21-22H,5-20H2,1-4H3,(H,30,31,38). The molecule has 0 aromatic carbocycles. The van der Waals surface area contributed by atoms with E-state index in [1.165, 1.54) is 32.1 Å². The molecule has 3 aliphatic rings. The van der Waals surface area contributed by atoms with Gasteiger partial charge in [-0.2, -0.15) is 5.10 Å². The van der Waals surface area contributed by atoms with Gasteiger partial charge in [-0.25, -0.2) is 4.98 Å². The van der Waals surface area contributed by atoms with Crippen molar-refractivity contribution < 1.29 is 9.53 Å². The fourth-order valence-electron chi connectivity index (χ4n) is 6.48. The number of rotatable bonds is 7. The second-order valence-corrected chi connectivity index (χ2v) is 12.9. The Kier molecular flexibility index (Phi) is 8.61. The number of likely N-dealkylation sites (tertiary alicyclic amines) is 1. The summed E-state index contributed by atoms with van der Waals surface area (Å²) in [5.74, 6) is 1.98. The summed E-state index contributed by atoms with van der Waals surface area (Å²) in [5.41, 5.74) is 1.76. The number of hydrogen-bond donors (Lipinski definition) is 1. The average molecular weight is 542 g/mol. The molecule has 10 heteroatoms. The Balaban J connectivity index is 1.32. The summed E-state index contributed by atoms with van der Waals surface area (Å²) in [6, 6.07) is 0. The van der Waals surface area contributed by atoms with Crippen molar-refractivity contribution in [3.05, 3.63) is 16.0 Å². The van der Waals surface area contributed by atoms with E-state index in [4.69, 9.17) is 9.72 Å². The summed E-state index contributed by atoms with van der Waals surface area (Å²) < 4.78 is 7.09. The number of anilines is 1. The van der Waals surface area contributed by atoms with Crippen LogP contribution < -0.4 is 10.5 Å². The van der Waals surface area contributed by atoms with Gasteiger partial charge in [0.25, 0.3) is 5.56 Å². The number of H-pyrrole nitrogens is 1. The normalized spacial score (nSPS) is 20.6. The fraction of sp³-hybridized carbons (Fsp3) is 0.793. The van der Waals surface area contributed by atoms with Crippen molar-refractivity contribution in [1.29, 1.82) is 0 Å². The maximum atomic E-state index is 13.3. The molecule has 4 heterocycles. The van der Waals surface area contributed by atoms with Crippen LogP contribution in [0.4, 0.5) is 5.95 Å². The van der Waals surface area contributed by atoms with Gasteiger partial charge in [0.15, 0.2) is 5.52 Å². The van der Waals surface area contributed by atoms with Crippen molar-refractivity contribution in [3.8, 4) is 0 Å². The molecule has 2 aromatic heterocycles. The summed E-state index contributed by atoms with van der Waals surface area (Å²) in [6.45, 7) is 13.3. The molecule has 1 amide bonds. The van der Waals surface area contributed by atoms with Crippen LogP contribution in [0, 0.1) is 11.8 Å². The first-order valence-electron chi connectivity index (χ1n) is 15.0. The predicted octanol–water partition coefficient (Wildman–Crippen LogP) is 2.91. The third-order valence-corrected chi connectivity index (χ3v) is 8.80. The summed E-state index contributed by atoms with van der Waals surface area (Å²) in [4.78, 5) is 41.0. The molecule has 10 nitrogen and oxygen atoms in total. The van der Waals surface area contributed by atoms with Crippen LogP contribution in [0.1, 0.15) is 71.4 Å². The topological polar surface area (TPSA) is 99.6 Å². The molecule has 2 saturated heterocycles. The second kappa shape index (κ2) is 12.0. The van der Waals surface area contributed by atoms with Crippen molar-refractivity contribution in [2.24, 2.45) is 18.9 Å². The number of amides is 1. The van der Waals surface area contributed by atoms with E-state index >= 15 is 0 Å². The number of ether oxygens (including phenoxy) is 1. The van der Waals surface area contributed by atoms with Crippen molar-refractivity contribution in [2.45, 2.75) is 71.1 Å². The van der Waals surface area contributed by atoms with Gasteiger partial charge in [0.1, 0.15) is 5.52 Å². The number of piperidine rings is 1. The zero-order valence-corrected chi connectivity index (χ0v) is 24.4. The number of nitrogens with zero attached hydrogens (tertiary/aromatic N) is 6. The van der Waals surface area contributed by atoms with Crippen LogP contribution in [-0.4, -0.2) is 94.5 Å². The van der Waals surface area contributed by atoms with Gasteiger partial charge in [-0.1, -0.05) is 40.0 Å². The van der Waals surface area contributed by atoms with Crippen molar-refractivity contribution in [3.63, 3.8) is 0 Å². The van der Waals surface area contributed by atoms with Gasteiger partial charge >= 0.3 is 0 Å². The first-order chi connectivity index (χ1) is 18.7. The number of aromatic nitrogens is 4. The lowest BCUT2D eigenvalue weighted by Gasteiger charge is -2.37. The lowest BCUT2D eigenvalue weighted by Crippen LogP contribution is -2.48. The first-order valence-corrected chi connectivity index (χ1v) is 15.0. The molecule has 5 rings (SSSR count). The fourth-order valence-corrected chi connectivity index (χ4v) is 6.48. The smallest absolute Gasteiger partial charge is 0.278 e. The van der Waals surface area contributed by atoms with Gasteiger partial charge in [-0.3, -0.25) is 24.2 Å². The Hall–Kier alpha value is -2.46. The molecule has 39 heavy (non-hydrogen) atoms. The first kappa shape index (κ1) is 28.1. The highest BCUT2D eigenvalue weighted by molar-refractivity contribution is 5.79. The van der Waals surface area contributed by atoms with Crippen LogP contribution in [-0.2, 0) is 22.0 Å². The Morgan fingerprint density at radius 1 is 1.00 bits per heavy atom. The molecular formula is C29H47N7O3. The summed E-state index contributed by atoms with van der Waals surface area (Å²) in [7, 11) is 1.82. The van der Waals surface area contributed by atoms with Gasteiger partial charge in [0, 0.05) is 51.7 Å². The minimum Gasteiger partial charge on any atom is -0.379 e. The quantitative estimate of drug-likeness (QED) is 0.575. The Labute approximate surface area is 232 Å². The van der Waals surface area contributed by atoms with Crippen LogP contribution in [0.5, 0.6) is 0 Å². The van der Waals surface area contributed by atoms with E-state index in [9.17, 15) is 9.59 Å². The van der Waals surface area contributed by atoms with Crippen molar-refractivity contribution >= 4 is 22.9 Å². The van der Waals surface area contributed by atoms with Gasteiger partial charge in [0.2, 0.25) is 11.9 Å². The summed E-state index contributed by atoms with van der Waals surface area (Å²) >= 11 is 0. The Bertz CT molecular complexity index is 1180. The number of fused-ring (bicyclic) bond motifs is 1. The molecule has 216 valence electrons. The minimum atomic E-state index is -0.216. The van der Waals surface area contributed by atoms with Crippen molar-refractivity contribution in [1.82, 2.24) is 29.5 Å². The maximum Gasteiger partial charge on any atom is 0.278 e. The number of aryl methyl sites for hydroxylation is 1. The second-order valence-electron chi connectivity index (χ2n) is 12.9. The van der Waals surface area contributed by atoms with E-state index in [2.05, 4.69) is 40.7 Å². The molecule has 0 spiro atoms. The van der Waals surface area contributed by atoms with E-state index in [1.807, 2.05) is 11.9 Å². The average Bonchev–Trinajstić information content (AvgIpc) is 3.27. The molecule has 3 fully saturated rings. The zero-order chi connectivity index (χ0) is 27.6. The number of carbonyl (C=O) groups excluding carboxylic acids is 1. The zero-order valence-electron chi connectivity index (χ0n) is 24.4. The third kappa shape index (κ3) is 6.65. The van der Waals surface area contributed by atoms with E-state index in [0.29, 0.717) is 48.6 Å². The molecule has 2 aromatic rings. The molecule has 1 saturated carbocycles. The van der Waals surface area contributed by atoms with Crippen LogP contribution in [0.2, 0.25) is 0 Å². The lowest BCUT2D eigenvalue weighted by atomic mass is 9.88. The third-order valence-electron chi connectivity index (χ3n) is 8.80. The van der Waals surface area contributed by atoms with Crippen LogP contribution in [0.15, 0.2) is 4.79 Å². The highest BCUT2D eigenvalue weighted by Crippen LogP contribution is 2.30. The summed E-state index contributed by atoms with van der Waals surface area (Å²) in [6.07, 6.45) is 8.30. The highest BCUT2D eigenvalue weighted by Gasteiger charge is 2.30. The molecule has 0 unspecified atom stereocenters. The van der Waals surface area contributed by atoms with Gasteiger partial charge in [-0.15, -0.1) is 0 Å². The maximum absolute atomic E-state index is 13.3. The van der Waals surface area contributed by atoms with Gasteiger partial charge < -0.3 is 14.5 Å². The number of hydrogen-bond acceptors (Lipinski definition) is 7. The molecule has 0 bridgehead atoms. The van der Waals surface area contributed by atoms with Gasteiger partial charge in [0.05, 0.1) is 25.5 Å². The lowest BCUT2D eigenvalue weighted by molar-refractivity contribution is -0.134. The Morgan fingerprint density at radius 2 is 1.64 bits per heavy atom. The molecule has 1 aliphatic carbocycles. The van der Waals surface area contributed by atoms with E-state index in [1.54, 1.807) is 4.68 Å². The minimum absolute atomic E-state index is 0.127. The molecular weight excluding hydrogens is 494 g/mol. The van der Waals surface area contributed by atoms with Crippen molar-refractivity contribution in [2.75, 3.05) is 63.9 Å². The van der Waals surface area contributed by atoms with Crippen LogP contribution >= 0.6 is 0 Å². The number of aromatic amines is 1. The molecule has 0 radical (unpaired) electrons. The number of carbonyl (C=O) groups is 1. The number of morpholine rings is 1. The van der Waals surface area contributed by atoms with Gasteiger partial charge in [-0.05, 0) is 37.5 Å². The largest absolute Gasteiger partial charge is 0.379 e. The predicted molar refractivity (Wildman–Crippen MR) is 153 cm³/mol. The van der Waals surface area contributed by atoms with E-state index in [0.717, 1.165) is 57.8 Å². The van der Waals surface area contributed by atoms with E-state index < -0.39 is 0 Å². The van der Waals surface area contributed by atoms with Crippen LogP contribution in [0.3, 0.4) is 0 Å². The summed E-state index contributed by atoms with van der Waals surface area (Å²) in [5, 5.41) is 4.69. The van der Waals surface area contributed by atoms with Crippen LogP contribution in [0.25, 0.3) is 11.0 Å². The highest BCUT2D eigenvalue weighted by atomic mass is 16.5. The SMILES string of the molecule is Cn1nc(C(C)(C)C)c2nc(N(CC3CCCCC3)CC3CCN(C(=O)CN4CCOCC4)CC3)[nH]c(=O)c21. The monoisotopic (exact) mass is 541 g/mol. The molecule has 2 aliphatic heterocycles.